The third kappa shape index (κ3) is 1.74. The summed E-state index contributed by atoms with van der Waals surface area (Å²) < 4.78 is 5.27. The molecule has 2 aromatic rings. The number of hydrogen-bond donors (Lipinski definition) is 2. The van der Waals surface area contributed by atoms with Crippen LogP contribution in [0.1, 0.15) is 11.1 Å². The molecule has 0 saturated carbocycles. The Kier molecular flexibility index (Phi) is 2.56. The number of hydrogen-bond acceptors (Lipinski definition) is 3. The monoisotopic (exact) mass is 217 g/mol. The Morgan fingerprint density at radius 2 is 2.00 bits per heavy atom. The van der Waals surface area contributed by atoms with Gasteiger partial charge < -0.3 is 15.5 Å². The van der Waals surface area contributed by atoms with E-state index in [0.717, 1.165) is 28.1 Å². The lowest BCUT2D eigenvalue weighted by atomic mass is 10.0. The summed E-state index contributed by atoms with van der Waals surface area (Å²) >= 11 is 0. The van der Waals surface area contributed by atoms with Crippen LogP contribution in [0.15, 0.2) is 18.3 Å². The van der Waals surface area contributed by atoms with E-state index in [4.69, 9.17) is 10.5 Å². The molecular formula is C12H15N3O. The number of nitrogen functional groups attached to an aromatic ring is 1. The van der Waals surface area contributed by atoms with E-state index >= 15 is 0 Å². The smallest absolute Gasteiger partial charge is 0.197 e. The summed E-state index contributed by atoms with van der Waals surface area (Å²) in [5.74, 6) is 1.33. The first-order valence-corrected chi connectivity index (χ1v) is 5.08. The lowest BCUT2D eigenvalue weighted by Crippen LogP contribution is -1.92. The van der Waals surface area contributed by atoms with Crippen molar-refractivity contribution in [2.45, 2.75) is 13.8 Å². The van der Waals surface area contributed by atoms with Crippen molar-refractivity contribution in [3.05, 3.63) is 29.5 Å². The van der Waals surface area contributed by atoms with Crippen molar-refractivity contribution < 1.29 is 4.74 Å². The number of anilines is 1. The van der Waals surface area contributed by atoms with Crippen molar-refractivity contribution in [3.8, 4) is 17.0 Å². The van der Waals surface area contributed by atoms with Crippen LogP contribution >= 0.6 is 0 Å². The Bertz CT molecular complexity index is 517. The van der Waals surface area contributed by atoms with Crippen LogP contribution in [0.2, 0.25) is 0 Å². The van der Waals surface area contributed by atoms with E-state index in [2.05, 4.69) is 16.0 Å². The summed E-state index contributed by atoms with van der Waals surface area (Å²) in [6.45, 7) is 4.05. The Balaban J connectivity index is 2.54. The van der Waals surface area contributed by atoms with Gasteiger partial charge in [0.1, 0.15) is 5.75 Å². The van der Waals surface area contributed by atoms with Gasteiger partial charge in [-0.25, -0.2) is 4.98 Å². The standard InChI is InChI=1S/C12H15N3O/c1-7-5-11(16-3)8(2)4-9(7)10-6-14-12(13)15-10/h4-6H,1-3H3,(H3,13,14,15). The topological polar surface area (TPSA) is 63.9 Å². The molecule has 0 radical (unpaired) electrons. The van der Waals surface area contributed by atoms with E-state index in [-0.39, 0.29) is 0 Å². The van der Waals surface area contributed by atoms with Gasteiger partial charge in [0, 0.05) is 5.56 Å². The molecule has 0 aliphatic carbocycles. The summed E-state index contributed by atoms with van der Waals surface area (Å²) in [5, 5.41) is 0. The maximum absolute atomic E-state index is 5.57. The van der Waals surface area contributed by atoms with Crippen molar-refractivity contribution in [2.24, 2.45) is 0 Å². The lowest BCUT2D eigenvalue weighted by molar-refractivity contribution is 0.411. The van der Waals surface area contributed by atoms with Crippen LogP contribution in [0.3, 0.4) is 0 Å². The summed E-state index contributed by atoms with van der Waals surface area (Å²) in [4.78, 5) is 7.02. The summed E-state index contributed by atoms with van der Waals surface area (Å²) in [5.41, 5.74) is 9.82. The van der Waals surface area contributed by atoms with Gasteiger partial charge in [-0.2, -0.15) is 0 Å². The van der Waals surface area contributed by atoms with E-state index in [9.17, 15) is 0 Å². The zero-order chi connectivity index (χ0) is 11.7. The third-order valence-electron chi connectivity index (χ3n) is 2.63. The van der Waals surface area contributed by atoms with Gasteiger partial charge in [0.25, 0.3) is 0 Å². The fourth-order valence-electron chi connectivity index (χ4n) is 1.77. The SMILES string of the molecule is COc1cc(C)c(-c2cnc(N)[nH]2)cc1C. The summed E-state index contributed by atoms with van der Waals surface area (Å²) in [6, 6.07) is 4.09. The molecule has 4 heteroatoms. The highest BCUT2D eigenvalue weighted by Crippen LogP contribution is 2.29. The first-order chi connectivity index (χ1) is 7.61. The number of nitrogens with two attached hydrogens (primary N) is 1. The zero-order valence-corrected chi connectivity index (χ0v) is 9.66. The number of aromatic amines is 1. The molecule has 0 fully saturated rings. The molecule has 0 amide bonds. The normalized spacial score (nSPS) is 10.4. The van der Waals surface area contributed by atoms with Crippen LogP contribution in [0.25, 0.3) is 11.3 Å². The van der Waals surface area contributed by atoms with Crippen molar-refractivity contribution in [2.75, 3.05) is 12.8 Å². The molecule has 0 atom stereocenters. The summed E-state index contributed by atoms with van der Waals surface area (Å²) in [7, 11) is 1.68. The number of rotatable bonds is 2. The quantitative estimate of drug-likeness (QED) is 0.811. The molecule has 16 heavy (non-hydrogen) atoms. The van der Waals surface area contributed by atoms with Gasteiger partial charge in [-0.15, -0.1) is 0 Å². The molecule has 1 heterocycles. The third-order valence-corrected chi connectivity index (χ3v) is 2.63. The van der Waals surface area contributed by atoms with Crippen LogP contribution in [0.4, 0.5) is 5.95 Å². The van der Waals surface area contributed by atoms with E-state index in [0.29, 0.717) is 5.95 Å². The second-order valence-electron chi connectivity index (χ2n) is 3.82. The highest BCUT2D eigenvalue weighted by atomic mass is 16.5. The first kappa shape index (κ1) is 10.5. The molecule has 0 saturated heterocycles. The number of aryl methyl sites for hydroxylation is 2. The largest absolute Gasteiger partial charge is 0.496 e. The Morgan fingerprint density at radius 1 is 1.25 bits per heavy atom. The fraction of sp³-hybridized carbons (Fsp3) is 0.250. The van der Waals surface area contributed by atoms with Crippen molar-refractivity contribution >= 4 is 5.95 Å². The minimum atomic E-state index is 0.433. The van der Waals surface area contributed by atoms with Crippen molar-refractivity contribution in [1.29, 1.82) is 0 Å². The molecule has 2 rings (SSSR count). The lowest BCUT2D eigenvalue weighted by Gasteiger charge is -2.09. The molecule has 4 nitrogen and oxygen atoms in total. The molecule has 1 aromatic heterocycles. The highest BCUT2D eigenvalue weighted by molar-refractivity contribution is 5.66. The molecule has 84 valence electrons. The number of nitrogens with one attached hydrogen (secondary N) is 1. The minimum Gasteiger partial charge on any atom is -0.496 e. The Morgan fingerprint density at radius 3 is 2.56 bits per heavy atom. The molecule has 0 aliphatic heterocycles. The maximum Gasteiger partial charge on any atom is 0.197 e. The van der Waals surface area contributed by atoms with Gasteiger partial charge in [0.05, 0.1) is 19.0 Å². The van der Waals surface area contributed by atoms with Gasteiger partial charge in [0.2, 0.25) is 0 Å². The van der Waals surface area contributed by atoms with Gasteiger partial charge in [-0.05, 0) is 37.1 Å². The van der Waals surface area contributed by atoms with Gasteiger partial charge in [0.15, 0.2) is 5.95 Å². The van der Waals surface area contributed by atoms with Crippen LogP contribution in [0, 0.1) is 13.8 Å². The molecular weight excluding hydrogens is 202 g/mol. The first-order valence-electron chi connectivity index (χ1n) is 5.08. The molecule has 0 spiro atoms. The predicted octanol–water partition coefficient (Wildman–Crippen LogP) is 2.28. The number of benzene rings is 1. The van der Waals surface area contributed by atoms with Crippen molar-refractivity contribution in [1.82, 2.24) is 9.97 Å². The van der Waals surface area contributed by atoms with Gasteiger partial charge in [-0.3, -0.25) is 0 Å². The molecule has 0 aliphatic rings. The second-order valence-corrected chi connectivity index (χ2v) is 3.82. The van der Waals surface area contributed by atoms with Crippen LogP contribution in [-0.4, -0.2) is 17.1 Å². The second kappa shape index (κ2) is 3.89. The van der Waals surface area contributed by atoms with E-state index < -0.39 is 0 Å². The number of aromatic nitrogens is 2. The molecule has 3 N–H and O–H groups in total. The fourth-order valence-corrected chi connectivity index (χ4v) is 1.77. The number of ether oxygens (including phenoxy) is 1. The highest BCUT2D eigenvalue weighted by Gasteiger charge is 2.08. The number of imidazole rings is 1. The molecule has 1 aromatic carbocycles. The van der Waals surface area contributed by atoms with Crippen molar-refractivity contribution in [3.63, 3.8) is 0 Å². The van der Waals surface area contributed by atoms with Crippen LogP contribution in [0.5, 0.6) is 5.75 Å². The van der Waals surface area contributed by atoms with Crippen LogP contribution < -0.4 is 10.5 Å². The van der Waals surface area contributed by atoms with E-state index in [1.54, 1.807) is 13.3 Å². The number of methoxy groups -OCH3 is 1. The minimum absolute atomic E-state index is 0.433. The molecule has 0 bridgehead atoms. The van der Waals surface area contributed by atoms with E-state index in [1.165, 1.54) is 0 Å². The number of nitrogens with zero attached hydrogens (tertiary/aromatic N) is 1. The average Bonchev–Trinajstić information content (AvgIpc) is 2.67. The Hall–Kier alpha value is -1.97. The van der Waals surface area contributed by atoms with Crippen LogP contribution in [-0.2, 0) is 0 Å². The predicted molar refractivity (Wildman–Crippen MR) is 64.5 cm³/mol. The van der Waals surface area contributed by atoms with Gasteiger partial charge >= 0.3 is 0 Å². The maximum atomic E-state index is 5.57. The summed E-state index contributed by atoms with van der Waals surface area (Å²) in [6.07, 6.45) is 1.74. The van der Waals surface area contributed by atoms with E-state index in [1.807, 2.05) is 19.9 Å². The number of H-pyrrole nitrogens is 1. The average molecular weight is 217 g/mol. The molecule has 0 unspecified atom stereocenters. The Labute approximate surface area is 94.5 Å². The van der Waals surface area contributed by atoms with Gasteiger partial charge in [-0.1, -0.05) is 0 Å². The zero-order valence-electron chi connectivity index (χ0n) is 9.66.